The zero-order chi connectivity index (χ0) is 21.0. The largest absolute Gasteiger partial charge is 0.480 e. The monoisotopic (exact) mass is 407 g/mol. The van der Waals surface area contributed by atoms with Crippen molar-refractivity contribution in [2.24, 2.45) is 5.73 Å². The number of carboxylic acid groups (broad SMARTS) is 1. The summed E-state index contributed by atoms with van der Waals surface area (Å²) in [6.07, 6.45) is 1.53. The molecule has 0 saturated carbocycles. The number of carbonyl (C=O) groups excluding carboxylic acids is 2. The van der Waals surface area contributed by atoms with Gasteiger partial charge in [-0.05, 0) is 19.3 Å². The van der Waals surface area contributed by atoms with Crippen molar-refractivity contribution in [2.45, 2.75) is 25.3 Å². The first kappa shape index (κ1) is 26.2. The number of nitrogens with one attached hydrogen (secondary N) is 2. The van der Waals surface area contributed by atoms with E-state index in [4.69, 9.17) is 25.1 Å². The summed E-state index contributed by atoms with van der Waals surface area (Å²) in [4.78, 5) is 33.7. The fourth-order valence-electron chi connectivity index (χ4n) is 2.03. The van der Waals surface area contributed by atoms with Crippen molar-refractivity contribution in [3.05, 3.63) is 0 Å². The van der Waals surface area contributed by atoms with Crippen LogP contribution in [0, 0.1) is 0 Å². The fourth-order valence-corrected chi connectivity index (χ4v) is 2.03. The average molecular weight is 407 g/mol. The maximum Gasteiger partial charge on any atom is 0.320 e. The van der Waals surface area contributed by atoms with Crippen molar-refractivity contribution in [3.8, 4) is 0 Å². The van der Waals surface area contributed by atoms with Gasteiger partial charge in [-0.3, -0.25) is 19.7 Å². The first-order valence-corrected chi connectivity index (χ1v) is 9.24. The van der Waals surface area contributed by atoms with Gasteiger partial charge in [-0.15, -0.1) is 0 Å². The van der Waals surface area contributed by atoms with Gasteiger partial charge >= 0.3 is 11.9 Å². The van der Waals surface area contributed by atoms with Gasteiger partial charge in [0, 0.05) is 13.1 Å². The van der Waals surface area contributed by atoms with Gasteiger partial charge in [-0.2, -0.15) is 0 Å². The predicted molar refractivity (Wildman–Crippen MR) is 99.8 cm³/mol. The average Bonchev–Trinajstić information content (AvgIpc) is 2.68. The number of methoxy groups -OCH3 is 1. The molecule has 11 nitrogen and oxygen atoms in total. The number of nitrogens with two attached hydrogens (primary N) is 1. The molecule has 0 aromatic carbocycles. The van der Waals surface area contributed by atoms with Crippen LogP contribution in [0.5, 0.6) is 0 Å². The molecule has 164 valence electrons. The van der Waals surface area contributed by atoms with Gasteiger partial charge < -0.3 is 35.1 Å². The summed E-state index contributed by atoms with van der Waals surface area (Å²) in [7, 11) is 1.24. The zero-order valence-electron chi connectivity index (χ0n) is 16.4. The van der Waals surface area contributed by atoms with E-state index in [1.807, 2.05) is 0 Å². The Bertz CT molecular complexity index is 437. The number of carboxylic acids is 1. The lowest BCUT2D eigenvalue weighted by Crippen LogP contribution is -2.40. The van der Waals surface area contributed by atoms with Gasteiger partial charge in [0.1, 0.15) is 12.6 Å². The molecular weight excluding hydrogens is 374 g/mol. The van der Waals surface area contributed by atoms with Crippen LogP contribution in [-0.4, -0.2) is 95.4 Å². The van der Waals surface area contributed by atoms with Gasteiger partial charge in [0.25, 0.3) is 0 Å². The molecule has 0 spiro atoms. The zero-order valence-corrected chi connectivity index (χ0v) is 16.4. The Hall–Kier alpha value is -1.79. The van der Waals surface area contributed by atoms with Crippen molar-refractivity contribution in [1.29, 1.82) is 0 Å². The summed E-state index contributed by atoms with van der Waals surface area (Å²) in [6.45, 7) is 2.76. The summed E-state index contributed by atoms with van der Waals surface area (Å²) in [5.41, 5.74) is 5.28. The van der Waals surface area contributed by atoms with Crippen LogP contribution in [0.15, 0.2) is 0 Å². The minimum atomic E-state index is -1.03. The molecule has 0 rings (SSSR count). The molecule has 11 heteroatoms. The summed E-state index contributed by atoms with van der Waals surface area (Å²) >= 11 is 0. The molecule has 0 bridgehead atoms. The summed E-state index contributed by atoms with van der Waals surface area (Å²) in [5.74, 6) is -1.80. The normalized spacial score (nSPS) is 11.8. The predicted octanol–water partition coefficient (Wildman–Crippen LogP) is -1.50. The van der Waals surface area contributed by atoms with Gasteiger partial charge in [0.2, 0.25) is 5.91 Å². The van der Waals surface area contributed by atoms with Crippen LogP contribution in [0.25, 0.3) is 0 Å². The lowest BCUT2D eigenvalue weighted by molar-refractivity contribution is -0.142. The van der Waals surface area contributed by atoms with Gasteiger partial charge in [-0.25, -0.2) is 0 Å². The number of ether oxygens (including phenoxy) is 4. The molecule has 1 amide bonds. The molecule has 0 heterocycles. The number of hydrogen-bond acceptors (Lipinski definition) is 9. The molecule has 0 aliphatic rings. The second-order valence-corrected chi connectivity index (χ2v) is 5.76. The number of carbonyl (C=O) groups is 3. The van der Waals surface area contributed by atoms with Gasteiger partial charge in [-0.1, -0.05) is 0 Å². The van der Waals surface area contributed by atoms with Crippen LogP contribution in [-0.2, 0) is 33.3 Å². The maximum absolute atomic E-state index is 11.6. The van der Waals surface area contributed by atoms with E-state index >= 15 is 0 Å². The SMILES string of the molecule is COC(=O)CNC(CCCCNC(=O)COCCOCCOCCN)C(=O)O. The summed E-state index contributed by atoms with van der Waals surface area (Å²) in [5, 5.41) is 14.4. The minimum absolute atomic E-state index is 0.0640. The third-order valence-corrected chi connectivity index (χ3v) is 3.50. The van der Waals surface area contributed by atoms with E-state index in [1.54, 1.807) is 0 Å². The highest BCUT2D eigenvalue weighted by Gasteiger charge is 2.17. The third-order valence-electron chi connectivity index (χ3n) is 3.50. The smallest absolute Gasteiger partial charge is 0.320 e. The molecule has 5 N–H and O–H groups in total. The molecule has 0 aliphatic carbocycles. The Morgan fingerprint density at radius 1 is 1.00 bits per heavy atom. The standard InChI is InChI=1S/C17H33N3O8/c1-25-16(22)12-20-14(17(23)24)4-2-3-6-19-15(21)13-28-11-10-27-9-8-26-7-5-18/h14,20H,2-13,18H2,1H3,(H,19,21)(H,23,24). The molecule has 0 aromatic rings. The Morgan fingerprint density at radius 2 is 1.64 bits per heavy atom. The molecule has 1 unspecified atom stereocenters. The molecule has 0 fully saturated rings. The lowest BCUT2D eigenvalue weighted by atomic mass is 10.1. The molecular formula is C17H33N3O8. The van der Waals surface area contributed by atoms with E-state index in [1.165, 1.54) is 7.11 Å². The minimum Gasteiger partial charge on any atom is -0.480 e. The Kier molecular flexibility index (Phi) is 17.4. The second kappa shape index (κ2) is 18.6. The maximum atomic E-state index is 11.6. The number of unbranched alkanes of at least 4 members (excludes halogenated alkanes) is 1. The van der Waals surface area contributed by atoms with Crippen molar-refractivity contribution in [2.75, 3.05) is 66.4 Å². The summed E-state index contributed by atoms with van der Waals surface area (Å²) < 4.78 is 20.0. The molecule has 0 saturated heterocycles. The van der Waals surface area contributed by atoms with Crippen molar-refractivity contribution in [3.63, 3.8) is 0 Å². The van der Waals surface area contributed by atoms with Crippen LogP contribution >= 0.6 is 0 Å². The molecule has 0 aromatic heterocycles. The van der Waals surface area contributed by atoms with Crippen molar-refractivity contribution < 1.29 is 38.4 Å². The highest BCUT2D eigenvalue weighted by Crippen LogP contribution is 2.01. The Balaban J connectivity index is 3.57. The van der Waals surface area contributed by atoms with Gasteiger partial charge in [0.15, 0.2) is 0 Å². The van der Waals surface area contributed by atoms with E-state index in [9.17, 15) is 14.4 Å². The van der Waals surface area contributed by atoms with E-state index < -0.39 is 18.0 Å². The number of hydrogen-bond donors (Lipinski definition) is 4. The second-order valence-electron chi connectivity index (χ2n) is 5.76. The molecule has 0 aliphatic heterocycles. The van der Waals surface area contributed by atoms with Crippen molar-refractivity contribution >= 4 is 17.8 Å². The third kappa shape index (κ3) is 16.4. The number of rotatable bonds is 19. The van der Waals surface area contributed by atoms with Crippen LogP contribution in [0.4, 0.5) is 0 Å². The molecule has 1 atom stereocenters. The van der Waals surface area contributed by atoms with Crippen LogP contribution in [0.1, 0.15) is 19.3 Å². The van der Waals surface area contributed by atoms with Gasteiger partial charge in [0.05, 0.1) is 46.7 Å². The summed E-state index contributed by atoms with van der Waals surface area (Å²) in [6, 6.07) is -0.834. The quantitative estimate of drug-likeness (QED) is 0.147. The molecule has 28 heavy (non-hydrogen) atoms. The van der Waals surface area contributed by atoms with Crippen LogP contribution < -0.4 is 16.4 Å². The Morgan fingerprint density at radius 3 is 2.25 bits per heavy atom. The number of amides is 1. The van der Waals surface area contributed by atoms with E-state index in [0.717, 1.165) is 0 Å². The van der Waals surface area contributed by atoms with Crippen molar-refractivity contribution in [1.82, 2.24) is 10.6 Å². The highest BCUT2D eigenvalue weighted by atomic mass is 16.5. The van der Waals surface area contributed by atoms with Crippen LogP contribution in [0.3, 0.4) is 0 Å². The highest BCUT2D eigenvalue weighted by molar-refractivity contribution is 5.77. The number of esters is 1. The van der Waals surface area contributed by atoms with Crippen LogP contribution in [0.2, 0.25) is 0 Å². The number of aliphatic carboxylic acids is 1. The first-order chi connectivity index (χ1) is 13.5. The molecule has 0 radical (unpaired) electrons. The lowest BCUT2D eigenvalue weighted by Gasteiger charge is -2.13. The fraction of sp³-hybridized carbons (Fsp3) is 0.824. The van der Waals surface area contributed by atoms with E-state index in [0.29, 0.717) is 65.4 Å². The topological polar surface area (TPSA) is 158 Å². The first-order valence-electron chi connectivity index (χ1n) is 9.24. The van der Waals surface area contributed by atoms with E-state index in [2.05, 4.69) is 15.4 Å². The Labute approximate surface area is 165 Å². The van der Waals surface area contributed by atoms with E-state index in [-0.39, 0.29) is 19.1 Å².